The van der Waals surface area contributed by atoms with E-state index in [1.807, 2.05) is 17.5 Å². The standard InChI is InChI=1S/C15H16O2S/c1-17-13-8-14(18-9-13)15(16)12-6-5-10-3-2-4-11(10)7-12/h5-9,15-16H,2-4H2,1H3. The van der Waals surface area contributed by atoms with Gasteiger partial charge in [0.1, 0.15) is 11.9 Å². The first-order valence-corrected chi connectivity index (χ1v) is 7.08. The van der Waals surface area contributed by atoms with E-state index in [0.29, 0.717) is 0 Å². The van der Waals surface area contributed by atoms with Crippen molar-refractivity contribution in [2.75, 3.05) is 7.11 Å². The molecule has 3 heteroatoms. The van der Waals surface area contributed by atoms with E-state index in [0.717, 1.165) is 22.6 Å². The number of benzene rings is 1. The van der Waals surface area contributed by atoms with E-state index < -0.39 is 6.10 Å². The lowest BCUT2D eigenvalue weighted by molar-refractivity contribution is 0.224. The Balaban J connectivity index is 1.89. The molecule has 1 N–H and O–H groups in total. The topological polar surface area (TPSA) is 29.5 Å². The molecule has 18 heavy (non-hydrogen) atoms. The van der Waals surface area contributed by atoms with Gasteiger partial charge in [0.15, 0.2) is 0 Å². The molecule has 1 heterocycles. The van der Waals surface area contributed by atoms with Crippen molar-refractivity contribution in [1.29, 1.82) is 0 Å². The molecule has 0 saturated heterocycles. The van der Waals surface area contributed by atoms with Gasteiger partial charge in [-0.15, -0.1) is 11.3 Å². The predicted molar refractivity (Wildman–Crippen MR) is 73.4 cm³/mol. The van der Waals surface area contributed by atoms with Gasteiger partial charge in [0.2, 0.25) is 0 Å². The van der Waals surface area contributed by atoms with Crippen LogP contribution in [0.25, 0.3) is 0 Å². The minimum atomic E-state index is -0.537. The first-order valence-electron chi connectivity index (χ1n) is 6.20. The minimum Gasteiger partial charge on any atom is -0.496 e. The van der Waals surface area contributed by atoms with Gasteiger partial charge in [0.25, 0.3) is 0 Å². The molecule has 0 spiro atoms. The number of thiophene rings is 1. The Hall–Kier alpha value is -1.32. The average molecular weight is 260 g/mol. The van der Waals surface area contributed by atoms with Gasteiger partial charge in [-0.05, 0) is 42.0 Å². The van der Waals surface area contributed by atoms with Crippen LogP contribution in [0.1, 0.15) is 34.1 Å². The van der Waals surface area contributed by atoms with Gasteiger partial charge < -0.3 is 9.84 Å². The lowest BCUT2D eigenvalue weighted by Gasteiger charge is -2.10. The van der Waals surface area contributed by atoms with E-state index in [-0.39, 0.29) is 0 Å². The van der Waals surface area contributed by atoms with Gasteiger partial charge in [-0.1, -0.05) is 18.2 Å². The molecule has 0 aliphatic heterocycles. The number of aliphatic hydroxyl groups excluding tert-OH is 1. The van der Waals surface area contributed by atoms with Crippen molar-refractivity contribution in [1.82, 2.24) is 0 Å². The van der Waals surface area contributed by atoms with Crippen LogP contribution >= 0.6 is 11.3 Å². The number of aliphatic hydroxyl groups is 1. The van der Waals surface area contributed by atoms with Crippen LogP contribution < -0.4 is 4.74 Å². The van der Waals surface area contributed by atoms with Crippen molar-refractivity contribution in [2.45, 2.75) is 25.4 Å². The second kappa shape index (κ2) is 4.75. The van der Waals surface area contributed by atoms with E-state index in [9.17, 15) is 5.11 Å². The summed E-state index contributed by atoms with van der Waals surface area (Å²) in [6, 6.07) is 8.26. The molecule has 1 aliphatic carbocycles. The summed E-state index contributed by atoms with van der Waals surface area (Å²) in [6.45, 7) is 0. The van der Waals surface area contributed by atoms with Crippen LogP contribution in [0.15, 0.2) is 29.6 Å². The third-order valence-corrected chi connectivity index (χ3v) is 4.50. The summed E-state index contributed by atoms with van der Waals surface area (Å²) in [7, 11) is 1.65. The predicted octanol–water partition coefficient (Wildman–Crippen LogP) is 3.33. The summed E-state index contributed by atoms with van der Waals surface area (Å²) < 4.78 is 5.15. The number of fused-ring (bicyclic) bond motifs is 1. The number of methoxy groups -OCH3 is 1. The summed E-state index contributed by atoms with van der Waals surface area (Å²) in [5.41, 5.74) is 3.82. The zero-order chi connectivity index (χ0) is 12.5. The van der Waals surface area contributed by atoms with Crippen molar-refractivity contribution < 1.29 is 9.84 Å². The van der Waals surface area contributed by atoms with Crippen LogP contribution in [0.2, 0.25) is 0 Å². The molecule has 2 nitrogen and oxygen atoms in total. The van der Waals surface area contributed by atoms with Crippen molar-refractivity contribution in [2.24, 2.45) is 0 Å². The summed E-state index contributed by atoms with van der Waals surface area (Å²) in [5.74, 6) is 0.815. The Morgan fingerprint density at radius 1 is 1.22 bits per heavy atom. The van der Waals surface area contributed by atoms with Crippen LogP contribution in [0.3, 0.4) is 0 Å². The lowest BCUT2D eigenvalue weighted by atomic mass is 10.0. The summed E-state index contributed by atoms with van der Waals surface area (Å²) in [5, 5.41) is 12.3. The monoisotopic (exact) mass is 260 g/mol. The Kier molecular flexibility index (Phi) is 3.10. The molecule has 1 atom stereocenters. The average Bonchev–Trinajstić information content (AvgIpc) is 3.05. The molecule has 0 amide bonds. The largest absolute Gasteiger partial charge is 0.496 e. The van der Waals surface area contributed by atoms with Crippen molar-refractivity contribution in [3.8, 4) is 5.75 Å². The highest BCUT2D eigenvalue weighted by molar-refractivity contribution is 7.10. The molecule has 94 valence electrons. The highest BCUT2D eigenvalue weighted by Gasteiger charge is 2.17. The molecule has 3 rings (SSSR count). The van der Waals surface area contributed by atoms with Crippen LogP contribution in [0, 0.1) is 0 Å². The third-order valence-electron chi connectivity index (χ3n) is 3.54. The van der Waals surface area contributed by atoms with Gasteiger partial charge in [-0.25, -0.2) is 0 Å². The van der Waals surface area contributed by atoms with Crippen LogP contribution in [-0.4, -0.2) is 12.2 Å². The van der Waals surface area contributed by atoms with Crippen molar-refractivity contribution in [3.63, 3.8) is 0 Å². The smallest absolute Gasteiger partial charge is 0.129 e. The van der Waals surface area contributed by atoms with Gasteiger partial charge in [0, 0.05) is 10.3 Å². The second-order valence-corrected chi connectivity index (χ2v) is 5.62. The SMILES string of the molecule is COc1csc(C(O)c2ccc3c(c2)CCC3)c1. The zero-order valence-electron chi connectivity index (χ0n) is 10.3. The molecule has 0 saturated carbocycles. The van der Waals surface area contributed by atoms with E-state index >= 15 is 0 Å². The van der Waals surface area contributed by atoms with Gasteiger partial charge in [0.05, 0.1) is 7.11 Å². The zero-order valence-corrected chi connectivity index (χ0v) is 11.2. The Morgan fingerprint density at radius 3 is 2.83 bits per heavy atom. The fourth-order valence-corrected chi connectivity index (χ4v) is 3.38. The maximum absolute atomic E-state index is 10.4. The lowest BCUT2D eigenvalue weighted by Crippen LogP contribution is -1.98. The maximum atomic E-state index is 10.4. The molecular formula is C15H16O2S. The second-order valence-electron chi connectivity index (χ2n) is 4.67. The first-order chi connectivity index (χ1) is 8.78. The first kappa shape index (κ1) is 11.8. The normalized spacial score (nSPS) is 15.4. The number of rotatable bonds is 3. The number of hydrogen-bond donors (Lipinski definition) is 1. The van der Waals surface area contributed by atoms with Crippen molar-refractivity contribution in [3.05, 3.63) is 51.2 Å². The fraction of sp³-hybridized carbons (Fsp3) is 0.333. The van der Waals surface area contributed by atoms with E-state index in [4.69, 9.17) is 4.74 Å². The minimum absolute atomic E-state index is 0.537. The Morgan fingerprint density at radius 2 is 2.06 bits per heavy atom. The highest BCUT2D eigenvalue weighted by atomic mass is 32.1. The van der Waals surface area contributed by atoms with Crippen molar-refractivity contribution >= 4 is 11.3 Å². The fourth-order valence-electron chi connectivity index (χ4n) is 2.51. The summed E-state index contributed by atoms with van der Waals surface area (Å²) in [6.07, 6.45) is 3.02. The number of hydrogen-bond acceptors (Lipinski definition) is 3. The van der Waals surface area contributed by atoms with Gasteiger partial charge in [-0.3, -0.25) is 0 Å². The third kappa shape index (κ3) is 2.04. The van der Waals surface area contributed by atoms with Crippen LogP contribution in [-0.2, 0) is 12.8 Å². The van der Waals surface area contributed by atoms with Gasteiger partial charge in [-0.2, -0.15) is 0 Å². The summed E-state index contributed by atoms with van der Waals surface area (Å²) >= 11 is 1.54. The quantitative estimate of drug-likeness (QED) is 0.917. The molecule has 0 fully saturated rings. The molecular weight excluding hydrogens is 244 g/mol. The Bertz CT molecular complexity index is 559. The van der Waals surface area contributed by atoms with Crippen LogP contribution in [0.4, 0.5) is 0 Å². The van der Waals surface area contributed by atoms with Gasteiger partial charge >= 0.3 is 0 Å². The molecule has 1 aliphatic rings. The molecule has 1 aromatic carbocycles. The summed E-state index contributed by atoms with van der Waals surface area (Å²) in [4.78, 5) is 0.935. The number of ether oxygens (including phenoxy) is 1. The molecule has 0 bridgehead atoms. The molecule has 1 aromatic heterocycles. The maximum Gasteiger partial charge on any atom is 0.129 e. The highest BCUT2D eigenvalue weighted by Crippen LogP contribution is 2.33. The van der Waals surface area contributed by atoms with E-state index in [2.05, 4.69) is 12.1 Å². The number of aryl methyl sites for hydroxylation is 2. The van der Waals surface area contributed by atoms with E-state index in [1.54, 1.807) is 7.11 Å². The molecule has 0 radical (unpaired) electrons. The molecule has 1 unspecified atom stereocenters. The van der Waals surface area contributed by atoms with Crippen LogP contribution in [0.5, 0.6) is 5.75 Å². The van der Waals surface area contributed by atoms with E-state index in [1.165, 1.54) is 35.3 Å². The molecule has 2 aromatic rings. The Labute approximate surface area is 111 Å².